The molecule has 0 unspecified atom stereocenters. The molecule has 1 aromatic carbocycles. The van der Waals surface area contributed by atoms with Crippen molar-refractivity contribution >= 4 is 33.1 Å². The molecule has 0 radical (unpaired) electrons. The summed E-state index contributed by atoms with van der Waals surface area (Å²) in [4.78, 5) is 0. The van der Waals surface area contributed by atoms with Gasteiger partial charge in [0, 0.05) is 16.9 Å². The maximum absolute atomic E-state index is 6.58. The lowest BCUT2D eigenvalue weighted by molar-refractivity contribution is 0.125. The zero-order chi connectivity index (χ0) is 21.3. The highest BCUT2D eigenvalue weighted by atomic mass is 28.4. The van der Waals surface area contributed by atoms with Crippen molar-refractivity contribution in [2.45, 2.75) is 92.3 Å². The third-order valence-electron chi connectivity index (χ3n) is 4.27. The molecule has 0 amide bonds. The monoisotopic (exact) mass is 407 g/mol. The van der Waals surface area contributed by atoms with E-state index in [0.29, 0.717) is 0 Å². The molecule has 0 aliphatic rings. The van der Waals surface area contributed by atoms with E-state index in [1.165, 1.54) is 15.9 Å². The first-order valence-corrected chi connectivity index (χ1v) is 15.8. The van der Waals surface area contributed by atoms with Gasteiger partial charge in [-0.25, -0.2) is 0 Å². The summed E-state index contributed by atoms with van der Waals surface area (Å²) in [7, 11) is -4.18. The number of hydrogen-bond donors (Lipinski definition) is 1. The maximum atomic E-state index is 6.58. The van der Waals surface area contributed by atoms with Gasteiger partial charge in [0.05, 0.1) is 0 Å². The van der Waals surface area contributed by atoms with Crippen molar-refractivity contribution in [2.24, 2.45) is 5.73 Å². The molecule has 3 nitrogen and oxygen atoms in total. The minimum atomic E-state index is -2.14. The van der Waals surface area contributed by atoms with Crippen LogP contribution < -0.4 is 16.1 Å². The van der Waals surface area contributed by atoms with Gasteiger partial charge in [0.15, 0.2) is 0 Å². The lowest BCUT2D eigenvalue weighted by Crippen LogP contribution is -2.55. The first-order valence-electron chi connectivity index (χ1n) is 9.98. The highest BCUT2D eigenvalue weighted by Gasteiger charge is 2.36. The fourth-order valence-corrected chi connectivity index (χ4v) is 9.29. The smallest absolute Gasteiger partial charge is 0.219 e. The topological polar surface area (TPSA) is 44.5 Å². The zero-order valence-corrected chi connectivity index (χ0v) is 21.4. The van der Waals surface area contributed by atoms with E-state index in [0.717, 1.165) is 12.1 Å². The molecule has 0 spiro atoms. The summed E-state index contributed by atoms with van der Waals surface area (Å²) < 4.78 is 13.1. The third kappa shape index (κ3) is 7.56. The Morgan fingerprint density at radius 1 is 0.926 bits per heavy atom. The molecule has 27 heavy (non-hydrogen) atoms. The van der Waals surface area contributed by atoms with Gasteiger partial charge in [0.25, 0.3) is 0 Å². The Hall–Kier alpha value is -0.886. The molecular weight excluding hydrogens is 366 g/mol. The molecule has 0 fully saturated rings. The van der Waals surface area contributed by atoms with Crippen LogP contribution in [0.15, 0.2) is 23.9 Å². The molecule has 0 saturated carbocycles. The Balaban J connectivity index is 3.55. The number of allylic oxidation sites excluding steroid dienone is 1. The Kier molecular flexibility index (Phi) is 7.37. The zero-order valence-electron chi connectivity index (χ0n) is 19.4. The van der Waals surface area contributed by atoms with Gasteiger partial charge in [-0.15, -0.1) is 0 Å². The van der Waals surface area contributed by atoms with Crippen LogP contribution in [0.2, 0.25) is 26.2 Å². The Labute approximate surface area is 169 Å². The van der Waals surface area contributed by atoms with Crippen molar-refractivity contribution in [3.63, 3.8) is 0 Å². The van der Waals surface area contributed by atoms with Crippen molar-refractivity contribution < 1.29 is 8.85 Å². The molecule has 0 saturated heterocycles. The summed E-state index contributed by atoms with van der Waals surface area (Å²) in [6.45, 7) is 23.9. The molecule has 5 heteroatoms. The number of benzene rings is 1. The Morgan fingerprint density at radius 2 is 1.41 bits per heavy atom. The lowest BCUT2D eigenvalue weighted by atomic mass is 10.1. The van der Waals surface area contributed by atoms with Crippen LogP contribution >= 0.6 is 0 Å². The molecule has 0 atom stereocenters. The third-order valence-corrected chi connectivity index (χ3v) is 9.95. The fraction of sp³-hybridized carbons (Fsp3) is 0.636. The van der Waals surface area contributed by atoms with Crippen molar-refractivity contribution in [3.05, 3.63) is 29.5 Å². The summed E-state index contributed by atoms with van der Waals surface area (Å²) >= 11 is 0. The molecule has 1 rings (SSSR count). The lowest BCUT2D eigenvalue weighted by Gasteiger charge is -2.36. The minimum absolute atomic E-state index is 0.157. The Morgan fingerprint density at radius 3 is 1.85 bits per heavy atom. The van der Waals surface area contributed by atoms with E-state index in [2.05, 4.69) is 98.9 Å². The summed E-state index contributed by atoms with van der Waals surface area (Å²) in [5, 5.41) is 2.60. The highest BCUT2D eigenvalue weighted by molar-refractivity contribution is 6.87. The van der Waals surface area contributed by atoms with Crippen molar-refractivity contribution in [1.29, 1.82) is 0 Å². The van der Waals surface area contributed by atoms with E-state index in [1.807, 2.05) is 0 Å². The second kappa shape index (κ2) is 8.23. The average Bonchev–Trinajstić information content (AvgIpc) is 2.42. The molecule has 154 valence electrons. The second-order valence-electron chi connectivity index (χ2n) is 10.3. The van der Waals surface area contributed by atoms with E-state index < -0.39 is 16.6 Å². The molecule has 0 aliphatic carbocycles. The van der Waals surface area contributed by atoms with E-state index in [9.17, 15) is 0 Å². The van der Waals surface area contributed by atoms with E-state index in [1.54, 1.807) is 0 Å². The van der Waals surface area contributed by atoms with Crippen molar-refractivity contribution in [3.8, 4) is 0 Å². The molecule has 2 N–H and O–H groups in total. The van der Waals surface area contributed by atoms with Crippen LogP contribution in [-0.2, 0) is 8.85 Å². The average molecular weight is 408 g/mol. The SMILES string of the molecule is CC/C(N)=C/c1ccc([Si](C)(C)OC(C)(C)C)cc1[Si](C)(C)OC(C)(C)C. The predicted molar refractivity (Wildman–Crippen MR) is 125 cm³/mol. The minimum Gasteiger partial charge on any atom is -0.408 e. The van der Waals surface area contributed by atoms with Crippen LogP contribution in [0.5, 0.6) is 0 Å². The first kappa shape index (κ1) is 24.2. The molecular formula is C22H41NO2Si2. The fourth-order valence-electron chi connectivity index (χ4n) is 3.52. The summed E-state index contributed by atoms with van der Waals surface area (Å²) in [6.07, 6.45) is 2.95. The largest absolute Gasteiger partial charge is 0.408 e. The number of hydrogen-bond acceptors (Lipinski definition) is 3. The second-order valence-corrected chi connectivity index (χ2v) is 17.9. The molecule has 1 aromatic rings. The predicted octanol–water partition coefficient (Wildman–Crippen LogP) is 4.85. The van der Waals surface area contributed by atoms with Gasteiger partial charge in [-0.2, -0.15) is 0 Å². The Bertz CT molecular complexity index is 681. The molecule has 0 aliphatic heterocycles. The quantitative estimate of drug-likeness (QED) is 0.686. The van der Waals surface area contributed by atoms with Gasteiger partial charge < -0.3 is 14.6 Å². The first-order chi connectivity index (χ1) is 12.0. The normalized spacial score (nSPS) is 14.6. The highest BCUT2D eigenvalue weighted by Crippen LogP contribution is 2.21. The molecule has 0 aromatic heterocycles. The van der Waals surface area contributed by atoms with Crippen LogP contribution in [0.25, 0.3) is 6.08 Å². The van der Waals surface area contributed by atoms with E-state index in [-0.39, 0.29) is 11.2 Å². The molecule has 0 heterocycles. The van der Waals surface area contributed by atoms with E-state index >= 15 is 0 Å². The van der Waals surface area contributed by atoms with E-state index in [4.69, 9.17) is 14.6 Å². The van der Waals surface area contributed by atoms with Gasteiger partial charge in [-0.05, 0) is 96.2 Å². The standard InChI is InChI=1S/C22H41NO2Si2/c1-12-18(23)15-17-13-14-19(26(8,9)24-21(2,3)4)16-20(17)27(10,11)25-22(5,6)7/h13-16H,12,23H2,1-11H3/b18-15-. The van der Waals surface area contributed by atoms with Crippen LogP contribution in [0, 0.1) is 0 Å². The van der Waals surface area contributed by atoms with Gasteiger partial charge >= 0.3 is 0 Å². The maximum Gasteiger partial charge on any atom is 0.219 e. The van der Waals surface area contributed by atoms with Gasteiger partial charge in [0.1, 0.15) is 0 Å². The van der Waals surface area contributed by atoms with Crippen LogP contribution in [0.4, 0.5) is 0 Å². The summed E-state index contributed by atoms with van der Waals surface area (Å²) in [6, 6.07) is 6.76. The van der Waals surface area contributed by atoms with Gasteiger partial charge in [-0.3, -0.25) is 0 Å². The van der Waals surface area contributed by atoms with Crippen LogP contribution in [0.3, 0.4) is 0 Å². The van der Waals surface area contributed by atoms with Crippen molar-refractivity contribution in [1.82, 2.24) is 0 Å². The summed E-state index contributed by atoms with van der Waals surface area (Å²) in [5.74, 6) is 0. The van der Waals surface area contributed by atoms with Gasteiger partial charge in [-0.1, -0.05) is 25.1 Å². The van der Waals surface area contributed by atoms with Crippen molar-refractivity contribution in [2.75, 3.05) is 0 Å². The molecule has 0 bridgehead atoms. The number of nitrogens with two attached hydrogens (primary N) is 1. The summed E-state index contributed by atoms with van der Waals surface area (Å²) in [5.41, 5.74) is 7.91. The van der Waals surface area contributed by atoms with Gasteiger partial charge in [0.2, 0.25) is 16.6 Å². The number of rotatable bonds is 6. The van der Waals surface area contributed by atoms with Crippen LogP contribution in [0.1, 0.15) is 60.5 Å². The van der Waals surface area contributed by atoms with Crippen LogP contribution in [-0.4, -0.2) is 27.8 Å².